The minimum absolute atomic E-state index is 0.705. The smallest absolute Gasteiger partial charge is 0.00955 e. The molecule has 3 aliphatic heterocycles. The lowest BCUT2D eigenvalue weighted by molar-refractivity contribution is -0.0397. The number of rotatable bonds is 4. The van der Waals surface area contributed by atoms with Gasteiger partial charge in [0, 0.05) is 38.5 Å². The minimum Gasteiger partial charge on any atom is -0.316 e. The summed E-state index contributed by atoms with van der Waals surface area (Å²) < 4.78 is 2.58. The molecular weight excluding hydrogens is 242 g/mol. The van der Waals surface area contributed by atoms with Gasteiger partial charge in [-0.05, 0) is 43.7 Å². The summed E-state index contributed by atoms with van der Waals surface area (Å²) >= 11 is 2.03. The van der Waals surface area contributed by atoms with Crippen LogP contribution < -0.4 is 5.32 Å². The van der Waals surface area contributed by atoms with E-state index >= 15 is 0 Å². The summed E-state index contributed by atoms with van der Waals surface area (Å²) in [6.45, 7) is 11.5. The molecule has 0 bridgehead atoms. The number of hydrogen-bond donors (Lipinski definition) is 1. The Kier molecular flexibility index (Phi) is 4.18. The van der Waals surface area contributed by atoms with Gasteiger partial charge in [0.2, 0.25) is 0 Å². The number of nitrogens with one attached hydrogen (secondary N) is 1. The lowest BCUT2D eigenvalue weighted by Crippen LogP contribution is -2.60. The van der Waals surface area contributed by atoms with Crippen LogP contribution in [0.1, 0.15) is 26.2 Å². The van der Waals surface area contributed by atoms with Crippen molar-refractivity contribution >= 4 is 11.9 Å². The van der Waals surface area contributed by atoms with Gasteiger partial charge in [-0.15, -0.1) is 0 Å². The lowest BCUT2D eigenvalue weighted by Gasteiger charge is -2.54. The van der Waals surface area contributed by atoms with E-state index in [-0.39, 0.29) is 0 Å². The van der Waals surface area contributed by atoms with Gasteiger partial charge in [0.05, 0.1) is 0 Å². The Morgan fingerprint density at radius 1 is 1.28 bits per heavy atom. The second-order valence-corrected chi connectivity index (χ2v) is 7.73. The summed E-state index contributed by atoms with van der Waals surface area (Å²) in [7, 11) is 0. The molecule has 3 nitrogen and oxygen atoms in total. The molecule has 1 unspecified atom stereocenters. The first-order valence-electron chi connectivity index (χ1n) is 7.61. The molecule has 0 aliphatic carbocycles. The highest BCUT2D eigenvalue weighted by atomic mass is 32.2. The highest BCUT2D eigenvalue weighted by Gasteiger charge is 2.45. The molecule has 104 valence electrons. The van der Waals surface area contributed by atoms with E-state index in [1.165, 1.54) is 70.8 Å². The Bertz CT molecular complexity index is 262. The minimum atomic E-state index is 0.705. The molecule has 0 aromatic rings. The predicted molar refractivity (Wildman–Crippen MR) is 78.8 cm³/mol. The Hall–Kier alpha value is 0.230. The largest absolute Gasteiger partial charge is 0.316 e. The molecular formula is C14H27N3S. The number of hydrogen-bond acceptors (Lipinski definition) is 4. The second kappa shape index (κ2) is 5.70. The van der Waals surface area contributed by atoms with Gasteiger partial charge in [0.15, 0.2) is 0 Å². The molecule has 3 fully saturated rings. The molecule has 3 rings (SSSR count). The third kappa shape index (κ3) is 2.87. The first-order chi connectivity index (χ1) is 8.80. The fraction of sp³-hybridized carbons (Fsp3) is 1.00. The van der Waals surface area contributed by atoms with E-state index in [1.54, 1.807) is 0 Å². The molecule has 0 radical (unpaired) electrons. The van der Waals surface area contributed by atoms with Crippen molar-refractivity contribution < 1.29 is 0 Å². The van der Waals surface area contributed by atoms with Crippen LogP contribution in [0.4, 0.5) is 0 Å². The molecule has 0 amide bonds. The molecule has 18 heavy (non-hydrogen) atoms. The summed E-state index contributed by atoms with van der Waals surface area (Å²) in [6.07, 6.45) is 4.25. The van der Waals surface area contributed by atoms with Crippen LogP contribution in [-0.2, 0) is 0 Å². The van der Waals surface area contributed by atoms with E-state index in [1.807, 2.05) is 11.9 Å². The Morgan fingerprint density at radius 3 is 2.67 bits per heavy atom. The highest BCUT2D eigenvalue weighted by molar-refractivity contribution is 7.96. The summed E-state index contributed by atoms with van der Waals surface area (Å²) in [5, 5.41) is 3.48. The molecule has 1 spiro atoms. The number of nitrogens with zero attached hydrogens (tertiary/aromatic N) is 2. The van der Waals surface area contributed by atoms with Gasteiger partial charge in [-0.1, -0.05) is 18.9 Å². The van der Waals surface area contributed by atoms with Crippen molar-refractivity contribution in [2.45, 2.75) is 26.2 Å². The Labute approximate surface area is 116 Å². The molecule has 0 aromatic carbocycles. The van der Waals surface area contributed by atoms with Gasteiger partial charge < -0.3 is 10.2 Å². The monoisotopic (exact) mass is 269 g/mol. The van der Waals surface area contributed by atoms with Gasteiger partial charge >= 0.3 is 0 Å². The van der Waals surface area contributed by atoms with Crippen molar-refractivity contribution in [1.82, 2.24) is 14.5 Å². The zero-order chi connectivity index (χ0) is 12.4. The van der Waals surface area contributed by atoms with Crippen LogP contribution in [0.5, 0.6) is 0 Å². The number of likely N-dealkylation sites (tertiary alicyclic amines) is 1. The molecule has 4 heteroatoms. The molecule has 3 saturated heterocycles. The van der Waals surface area contributed by atoms with Crippen molar-refractivity contribution in [3.63, 3.8) is 0 Å². The first kappa shape index (κ1) is 13.2. The number of piperidine rings is 1. The summed E-state index contributed by atoms with van der Waals surface area (Å²) in [5.41, 5.74) is 0.705. The van der Waals surface area contributed by atoms with E-state index < -0.39 is 0 Å². The fourth-order valence-electron chi connectivity index (χ4n) is 3.86. The summed E-state index contributed by atoms with van der Waals surface area (Å²) in [6, 6.07) is 0. The van der Waals surface area contributed by atoms with Gasteiger partial charge in [0.25, 0.3) is 0 Å². The van der Waals surface area contributed by atoms with Gasteiger partial charge in [0.1, 0.15) is 0 Å². The van der Waals surface area contributed by atoms with Crippen molar-refractivity contribution in [3.05, 3.63) is 0 Å². The molecule has 3 heterocycles. The third-order valence-electron chi connectivity index (χ3n) is 4.89. The average Bonchev–Trinajstić information content (AvgIpc) is 2.83. The van der Waals surface area contributed by atoms with Crippen molar-refractivity contribution in [2.24, 2.45) is 11.3 Å². The maximum absolute atomic E-state index is 3.48. The van der Waals surface area contributed by atoms with Crippen molar-refractivity contribution in [2.75, 3.05) is 51.6 Å². The first-order valence-corrected chi connectivity index (χ1v) is 8.55. The average molecular weight is 269 g/mol. The Morgan fingerprint density at radius 2 is 2.06 bits per heavy atom. The van der Waals surface area contributed by atoms with E-state index in [4.69, 9.17) is 0 Å². The third-order valence-corrected chi connectivity index (χ3v) is 5.88. The van der Waals surface area contributed by atoms with Crippen LogP contribution >= 0.6 is 11.9 Å². The summed E-state index contributed by atoms with van der Waals surface area (Å²) in [4.78, 5) is 2.71. The van der Waals surface area contributed by atoms with Crippen LogP contribution in [0, 0.1) is 11.3 Å². The second-order valence-electron chi connectivity index (χ2n) is 6.38. The van der Waals surface area contributed by atoms with Crippen LogP contribution in [0.2, 0.25) is 0 Å². The quantitative estimate of drug-likeness (QED) is 0.782. The van der Waals surface area contributed by atoms with Crippen LogP contribution in [-0.4, -0.2) is 60.8 Å². The van der Waals surface area contributed by atoms with Crippen LogP contribution in [0.15, 0.2) is 0 Å². The van der Waals surface area contributed by atoms with E-state index in [9.17, 15) is 0 Å². The van der Waals surface area contributed by atoms with E-state index in [0.717, 1.165) is 5.92 Å². The lowest BCUT2D eigenvalue weighted by atomic mass is 9.72. The molecule has 0 saturated carbocycles. The molecule has 3 aliphatic rings. The predicted octanol–water partition coefficient (Wildman–Crippen LogP) is 1.66. The van der Waals surface area contributed by atoms with E-state index in [2.05, 4.69) is 21.4 Å². The zero-order valence-electron chi connectivity index (χ0n) is 11.7. The van der Waals surface area contributed by atoms with E-state index in [0.29, 0.717) is 5.41 Å². The SMILES string of the molecule is CCSN1CCC2(CC1)CN(CC1CCNC1)C2. The van der Waals surface area contributed by atoms with Gasteiger partial charge in [-0.25, -0.2) is 0 Å². The fourth-order valence-corrected chi connectivity index (χ4v) is 4.66. The maximum atomic E-state index is 3.48. The Balaban J connectivity index is 1.39. The van der Waals surface area contributed by atoms with Crippen molar-refractivity contribution in [3.8, 4) is 0 Å². The van der Waals surface area contributed by atoms with Gasteiger partial charge in [-0.3, -0.25) is 4.31 Å². The standard InChI is InChI=1S/C14H27N3S/c1-2-18-17-7-4-14(5-8-17)11-16(12-14)10-13-3-6-15-9-13/h13,15H,2-12H2,1H3. The summed E-state index contributed by atoms with van der Waals surface area (Å²) in [5.74, 6) is 2.16. The van der Waals surface area contributed by atoms with Crippen molar-refractivity contribution in [1.29, 1.82) is 0 Å². The highest BCUT2D eigenvalue weighted by Crippen LogP contribution is 2.41. The maximum Gasteiger partial charge on any atom is 0.00955 e. The normalized spacial score (nSPS) is 32.8. The molecule has 1 atom stereocenters. The zero-order valence-corrected chi connectivity index (χ0v) is 12.5. The topological polar surface area (TPSA) is 18.5 Å². The van der Waals surface area contributed by atoms with Gasteiger partial charge in [-0.2, -0.15) is 0 Å². The van der Waals surface area contributed by atoms with Crippen LogP contribution in [0.25, 0.3) is 0 Å². The molecule has 1 N–H and O–H groups in total. The van der Waals surface area contributed by atoms with Crippen LogP contribution in [0.3, 0.4) is 0 Å². The molecule has 0 aromatic heterocycles.